The topological polar surface area (TPSA) is 99.8 Å². The molecule has 1 amide bonds. The summed E-state index contributed by atoms with van der Waals surface area (Å²) >= 11 is 0. The molecule has 0 fully saturated rings. The maximum absolute atomic E-state index is 10.9. The van der Waals surface area contributed by atoms with Gasteiger partial charge in [-0.05, 0) is 17.7 Å². The fourth-order valence-electron chi connectivity index (χ4n) is 1.31. The van der Waals surface area contributed by atoms with Crippen LogP contribution >= 0.6 is 0 Å². The summed E-state index contributed by atoms with van der Waals surface area (Å²) in [6, 6.07) is 3.40. The first-order valence-corrected chi connectivity index (χ1v) is 4.70. The summed E-state index contributed by atoms with van der Waals surface area (Å²) in [6.07, 6.45) is 4.97. The first-order chi connectivity index (χ1) is 7.70. The van der Waals surface area contributed by atoms with Gasteiger partial charge in [0.1, 0.15) is 5.69 Å². The Kier molecular flexibility index (Phi) is 2.65. The number of rotatable bonds is 3. The second-order valence-electron chi connectivity index (χ2n) is 3.27. The van der Waals surface area contributed by atoms with E-state index in [2.05, 4.69) is 10.1 Å². The molecule has 0 unspecified atom stereocenters. The molecule has 2 heterocycles. The molecular formula is C10H11N5O. The third kappa shape index (κ3) is 1.91. The van der Waals surface area contributed by atoms with Crippen molar-refractivity contribution in [3.05, 3.63) is 42.0 Å². The summed E-state index contributed by atoms with van der Waals surface area (Å²) in [6.45, 7) is 0.408. The molecule has 0 aliphatic heterocycles. The van der Waals surface area contributed by atoms with E-state index in [9.17, 15) is 4.79 Å². The van der Waals surface area contributed by atoms with Crippen LogP contribution in [-0.4, -0.2) is 20.7 Å². The maximum atomic E-state index is 10.9. The second kappa shape index (κ2) is 4.11. The molecule has 4 N–H and O–H groups in total. The van der Waals surface area contributed by atoms with Crippen molar-refractivity contribution in [1.29, 1.82) is 0 Å². The first-order valence-electron chi connectivity index (χ1n) is 4.70. The smallest absolute Gasteiger partial charge is 0.269 e. The summed E-state index contributed by atoms with van der Waals surface area (Å²) < 4.78 is 1.53. The lowest BCUT2D eigenvalue weighted by Gasteiger charge is -2.02. The van der Waals surface area contributed by atoms with Gasteiger partial charge in [0, 0.05) is 18.9 Å². The highest BCUT2D eigenvalue weighted by atomic mass is 16.1. The van der Waals surface area contributed by atoms with Gasteiger partial charge < -0.3 is 11.5 Å². The summed E-state index contributed by atoms with van der Waals surface area (Å²) in [5.41, 5.74) is 12.5. The van der Waals surface area contributed by atoms with Crippen LogP contribution in [0.2, 0.25) is 0 Å². The van der Waals surface area contributed by atoms with Gasteiger partial charge >= 0.3 is 0 Å². The lowest BCUT2D eigenvalue weighted by molar-refractivity contribution is 0.0995. The van der Waals surface area contributed by atoms with Crippen LogP contribution in [0.15, 0.2) is 30.7 Å². The molecule has 2 aromatic heterocycles. The predicted molar refractivity (Wildman–Crippen MR) is 57.8 cm³/mol. The predicted octanol–water partition coefficient (Wildman–Crippen LogP) is -0.175. The number of primary amides is 1. The summed E-state index contributed by atoms with van der Waals surface area (Å²) in [5.74, 6) is -0.554. The molecule has 0 saturated heterocycles. The van der Waals surface area contributed by atoms with Gasteiger partial charge in [-0.25, -0.2) is 4.68 Å². The van der Waals surface area contributed by atoms with Gasteiger partial charge in [-0.15, -0.1) is 0 Å². The third-order valence-corrected chi connectivity index (χ3v) is 2.12. The van der Waals surface area contributed by atoms with Crippen molar-refractivity contribution in [2.75, 3.05) is 0 Å². The van der Waals surface area contributed by atoms with Crippen LogP contribution in [0.25, 0.3) is 5.69 Å². The highest BCUT2D eigenvalue weighted by Crippen LogP contribution is 2.08. The normalized spacial score (nSPS) is 10.3. The monoisotopic (exact) mass is 217 g/mol. The van der Waals surface area contributed by atoms with Crippen LogP contribution < -0.4 is 11.5 Å². The molecule has 0 aromatic carbocycles. The largest absolute Gasteiger partial charge is 0.364 e. The van der Waals surface area contributed by atoms with E-state index in [1.54, 1.807) is 24.7 Å². The molecule has 0 spiro atoms. The molecule has 0 aliphatic carbocycles. The molecule has 6 nitrogen and oxygen atoms in total. The molecule has 16 heavy (non-hydrogen) atoms. The van der Waals surface area contributed by atoms with Crippen LogP contribution in [0.3, 0.4) is 0 Å². The Morgan fingerprint density at radius 3 is 2.88 bits per heavy atom. The average Bonchev–Trinajstić information content (AvgIpc) is 2.78. The first kappa shape index (κ1) is 10.3. The minimum absolute atomic E-state index is 0.221. The molecule has 0 radical (unpaired) electrons. The molecule has 82 valence electrons. The van der Waals surface area contributed by atoms with Crippen LogP contribution in [-0.2, 0) is 6.54 Å². The zero-order chi connectivity index (χ0) is 11.5. The highest BCUT2D eigenvalue weighted by Gasteiger charge is 2.06. The van der Waals surface area contributed by atoms with Gasteiger partial charge in [0.25, 0.3) is 5.91 Å². The molecule has 0 bridgehead atoms. The van der Waals surface area contributed by atoms with Crippen molar-refractivity contribution in [1.82, 2.24) is 14.8 Å². The van der Waals surface area contributed by atoms with Crippen molar-refractivity contribution in [3.8, 4) is 5.69 Å². The van der Waals surface area contributed by atoms with Crippen molar-refractivity contribution >= 4 is 5.91 Å². The van der Waals surface area contributed by atoms with Crippen LogP contribution in [0.4, 0.5) is 0 Å². The number of carbonyl (C=O) groups is 1. The zero-order valence-electron chi connectivity index (χ0n) is 8.50. The Balaban J connectivity index is 2.38. The Morgan fingerprint density at radius 1 is 1.44 bits per heavy atom. The number of amides is 1. The minimum atomic E-state index is -0.554. The maximum Gasteiger partial charge on any atom is 0.269 e. The Bertz CT molecular complexity index is 519. The van der Waals surface area contributed by atoms with E-state index in [0.29, 0.717) is 6.54 Å². The van der Waals surface area contributed by atoms with Gasteiger partial charge in [-0.2, -0.15) is 5.10 Å². The lowest BCUT2D eigenvalue weighted by Crippen LogP contribution is -2.12. The number of carbonyl (C=O) groups excluding carboxylic acids is 1. The Labute approximate surface area is 91.9 Å². The van der Waals surface area contributed by atoms with E-state index in [-0.39, 0.29) is 5.69 Å². The number of nitrogens with two attached hydrogens (primary N) is 2. The average molecular weight is 217 g/mol. The zero-order valence-corrected chi connectivity index (χ0v) is 8.50. The molecular weight excluding hydrogens is 206 g/mol. The Hall–Kier alpha value is -2.21. The van der Waals surface area contributed by atoms with Gasteiger partial charge in [-0.3, -0.25) is 9.78 Å². The Morgan fingerprint density at radius 2 is 2.25 bits per heavy atom. The number of hydrogen-bond donors (Lipinski definition) is 2. The van der Waals surface area contributed by atoms with Crippen LogP contribution in [0, 0.1) is 0 Å². The quantitative estimate of drug-likeness (QED) is 0.745. The summed E-state index contributed by atoms with van der Waals surface area (Å²) in [7, 11) is 0. The van der Waals surface area contributed by atoms with Crippen molar-refractivity contribution in [2.24, 2.45) is 11.5 Å². The molecule has 2 aromatic rings. The van der Waals surface area contributed by atoms with E-state index < -0.39 is 5.91 Å². The van der Waals surface area contributed by atoms with Crippen molar-refractivity contribution in [2.45, 2.75) is 6.54 Å². The third-order valence-electron chi connectivity index (χ3n) is 2.12. The van der Waals surface area contributed by atoms with Crippen molar-refractivity contribution in [3.63, 3.8) is 0 Å². The van der Waals surface area contributed by atoms with Crippen LogP contribution in [0.1, 0.15) is 16.1 Å². The van der Waals surface area contributed by atoms with Crippen molar-refractivity contribution < 1.29 is 4.79 Å². The number of aromatic nitrogens is 3. The molecule has 0 aliphatic rings. The van der Waals surface area contributed by atoms with Crippen LogP contribution in [0.5, 0.6) is 0 Å². The lowest BCUT2D eigenvalue weighted by atomic mass is 10.3. The van der Waals surface area contributed by atoms with E-state index in [1.165, 1.54) is 4.68 Å². The molecule has 6 heteroatoms. The standard InChI is InChI=1S/C10H11N5O/c11-4-7-3-8(6-13-5-7)15-2-1-9(14-15)10(12)16/h1-3,5-6H,4,11H2,(H2,12,16). The fraction of sp³-hybridized carbons (Fsp3) is 0.100. The summed E-state index contributed by atoms with van der Waals surface area (Å²) in [4.78, 5) is 14.9. The molecule has 2 rings (SSSR count). The van der Waals surface area contributed by atoms with E-state index in [4.69, 9.17) is 11.5 Å². The number of nitrogens with zero attached hydrogens (tertiary/aromatic N) is 3. The number of hydrogen-bond acceptors (Lipinski definition) is 4. The second-order valence-corrected chi connectivity index (χ2v) is 3.27. The van der Waals surface area contributed by atoms with E-state index in [1.807, 2.05) is 6.07 Å². The van der Waals surface area contributed by atoms with E-state index in [0.717, 1.165) is 11.3 Å². The number of pyridine rings is 1. The molecule has 0 saturated carbocycles. The highest BCUT2D eigenvalue weighted by molar-refractivity contribution is 5.90. The van der Waals surface area contributed by atoms with Gasteiger partial charge in [-0.1, -0.05) is 0 Å². The SMILES string of the molecule is NCc1cncc(-n2ccc(C(N)=O)n2)c1. The fourth-order valence-corrected chi connectivity index (χ4v) is 1.31. The van der Waals surface area contributed by atoms with Gasteiger partial charge in [0.2, 0.25) is 0 Å². The minimum Gasteiger partial charge on any atom is -0.364 e. The molecule has 0 atom stereocenters. The van der Waals surface area contributed by atoms with Gasteiger partial charge in [0.15, 0.2) is 0 Å². The summed E-state index contributed by atoms with van der Waals surface area (Å²) in [5, 5.41) is 4.02. The van der Waals surface area contributed by atoms with Gasteiger partial charge in [0.05, 0.1) is 11.9 Å². The van der Waals surface area contributed by atoms with E-state index >= 15 is 0 Å².